The van der Waals surface area contributed by atoms with Gasteiger partial charge in [0.1, 0.15) is 0 Å². The maximum atomic E-state index is 2.53. The van der Waals surface area contributed by atoms with E-state index in [1.165, 1.54) is 19.4 Å². The molecular weight excluding hydrogens is 158 g/mol. The van der Waals surface area contributed by atoms with E-state index in [9.17, 15) is 0 Å². The third-order valence-corrected chi connectivity index (χ3v) is 3.95. The number of nitrogens with zero attached hydrogens (tertiary/aromatic N) is 1. The number of likely N-dealkylation sites (tertiary alicyclic amines) is 1. The maximum Gasteiger partial charge on any atom is 0.0161 e. The van der Waals surface area contributed by atoms with Crippen molar-refractivity contribution < 1.29 is 0 Å². The van der Waals surface area contributed by atoms with Gasteiger partial charge in [0.25, 0.3) is 0 Å². The average molecular weight is 183 g/mol. The Labute approximate surface area is 83.5 Å². The van der Waals surface area contributed by atoms with Crippen LogP contribution >= 0.6 is 0 Å². The van der Waals surface area contributed by atoms with Crippen LogP contribution in [-0.4, -0.2) is 24.5 Å². The van der Waals surface area contributed by atoms with Crippen LogP contribution in [0.25, 0.3) is 0 Å². The molecule has 0 aromatic rings. The van der Waals surface area contributed by atoms with Gasteiger partial charge in [-0.1, -0.05) is 40.5 Å². The standard InChI is InChI=1S/C12H25N/c1-6-9(3)11(7-2)12-10(4)8-13(12)5/h9-12H,6-8H2,1-5H3. The molecule has 0 bridgehead atoms. The molecule has 1 saturated heterocycles. The van der Waals surface area contributed by atoms with Gasteiger partial charge in [0.05, 0.1) is 0 Å². The Balaban J connectivity index is 2.55. The third kappa shape index (κ3) is 2.07. The molecule has 1 rings (SSSR count). The molecule has 0 radical (unpaired) electrons. The van der Waals surface area contributed by atoms with E-state index in [1.807, 2.05) is 0 Å². The van der Waals surface area contributed by atoms with Gasteiger partial charge < -0.3 is 4.90 Å². The van der Waals surface area contributed by atoms with Crippen LogP contribution in [0.4, 0.5) is 0 Å². The van der Waals surface area contributed by atoms with Crippen LogP contribution in [0.5, 0.6) is 0 Å². The molecule has 1 nitrogen and oxygen atoms in total. The predicted octanol–water partition coefficient (Wildman–Crippen LogP) is 3.01. The molecule has 0 aromatic carbocycles. The van der Waals surface area contributed by atoms with Crippen LogP contribution in [0, 0.1) is 17.8 Å². The largest absolute Gasteiger partial charge is 0.302 e. The van der Waals surface area contributed by atoms with Gasteiger partial charge in [-0.3, -0.25) is 0 Å². The SMILES string of the molecule is CCC(C)C(CC)C1C(C)CN1C. The lowest BCUT2D eigenvalue weighted by Crippen LogP contribution is -2.57. The molecule has 0 spiro atoms. The molecule has 1 aliphatic heterocycles. The first-order valence-corrected chi connectivity index (χ1v) is 5.82. The average Bonchev–Trinajstić information content (AvgIpc) is 2.12. The van der Waals surface area contributed by atoms with E-state index in [0.29, 0.717) is 0 Å². The van der Waals surface area contributed by atoms with Crippen molar-refractivity contribution in [1.82, 2.24) is 4.90 Å². The normalized spacial score (nSPS) is 33.9. The molecule has 78 valence electrons. The van der Waals surface area contributed by atoms with E-state index < -0.39 is 0 Å². The minimum Gasteiger partial charge on any atom is -0.302 e. The van der Waals surface area contributed by atoms with E-state index in [-0.39, 0.29) is 0 Å². The van der Waals surface area contributed by atoms with Crippen molar-refractivity contribution in [2.75, 3.05) is 13.6 Å². The van der Waals surface area contributed by atoms with Gasteiger partial charge in [-0.15, -0.1) is 0 Å². The summed E-state index contributed by atoms with van der Waals surface area (Å²) in [6.07, 6.45) is 2.67. The van der Waals surface area contributed by atoms with Crippen molar-refractivity contribution in [1.29, 1.82) is 0 Å². The topological polar surface area (TPSA) is 3.24 Å². The summed E-state index contributed by atoms with van der Waals surface area (Å²) < 4.78 is 0. The molecule has 1 heteroatoms. The second kappa shape index (κ2) is 4.45. The van der Waals surface area contributed by atoms with Gasteiger partial charge in [0.2, 0.25) is 0 Å². The predicted molar refractivity (Wildman–Crippen MR) is 58.8 cm³/mol. The molecule has 0 N–H and O–H groups in total. The summed E-state index contributed by atoms with van der Waals surface area (Å²) in [4.78, 5) is 2.53. The zero-order chi connectivity index (χ0) is 10.0. The quantitative estimate of drug-likeness (QED) is 0.647. The maximum absolute atomic E-state index is 2.53. The highest BCUT2D eigenvalue weighted by Gasteiger charge is 2.39. The van der Waals surface area contributed by atoms with Gasteiger partial charge in [0.15, 0.2) is 0 Å². The van der Waals surface area contributed by atoms with E-state index in [0.717, 1.165) is 23.8 Å². The lowest BCUT2D eigenvalue weighted by atomic mass is 9.73. The third-order valence-electron chi connectivity index (χ3n) is 3.95. The highest BCUT2D eigenvalue weighted by molar-refractivity contribution is 4.92. The van der Waals surface area contributed by atoms with E-state index in [2.05, 4.69) is 39.6 Å². The Hall–Kier alpha value is -0.0400. The van der Waals surface area contributed by atoms with Crippen LogP contribution in [0.1, 0.15) is 40.5 Å². The number of hydrogen-bond acceptors (Lipinski definition) is 1. The summed E-state index contributed by atoms with van der Waals surface area (Å²) in [6, 6.07) is 0.861. The Bertz CT molecular complexity index is 147. The molecule has 1 heterocycles. The minimum atomic E-state index is 0.861. The van der Waals surface area contributed by atoms with Crippen LogP contribution in [0.15, 0.2) is 0 Å². The van der Waals surface area contributed by atoms with Crippen molar-refractivity contribution >= 4 is 0 Å². The first-order chi connectivity index (χ1) is 6.11. The van der Waals surface area contributed by atoms with Crippen molar-refractivity contribution in [3.8, 4) is 0 Å². The van der Waals surface area contributed by atoms with Gasteiger partial charge >= 0.3 is 0 Å². The van der Waals surface area contributed by atoms with Crippen LogP contribution in [0.2, 0.25) is 0 Å². The summed E-state index contributed by atoms with van der Waals surface area (Å²) in [5.74, 6) is 2.72. The number of hydrogen-bond donors (Lipinski definition) is 0. The fourth-order valence-electron chi connectivity index (χ4n) is 3.01. The first-order valence-electron chi connectivity index (χ1n) is 5.82. The molecule has 0 saturated carbocycles. The van der Waals surface area contributed by atoms with Gasteiger partial charge in [-0.25, -0.2) is 0 Å². The minimum absolute atomic E-state index is 0.861. The fraction of sp³-hybridized carbons (Fsp3) is 1.00. The molecule has 1 fully saturated rings. The highest BCUT2D eigenvalue weighted by atomic mass is 15.2. The fourth-order valence-corrected chi connectivity index (χ4v) is 3.01. The van der Waals surface area contributed by atoms with Crippen LogP contribution in [0.3, 0.4) is 0 Å². The molecule has 0 amide bonds. The molecule has 0 aliphatic carbocycles. The second-order valence-electron chi connectivity index (χ2n) is 4.87. The molecular formula is C12H25N. The molecule has 4 atom stereocenters. The Kier molecular flexibility index (Phi) is 3.78. The molecule has 0 aromatic heterocycles. The zero-order valence-corrected chi connectivity index (χ0v) is 9.88. The van der Waals surface area contributed by atoms with Crippen molar-refractivity contribution in [3.63, 3.8) is 0 Å². The van der Waals surface area contributed by atoms with Gasteiger partial charge in [-0.05, 0) is 24.8 Å². The van der Waals surface area contributed by atoms with Gasteiger partial charge in [0, 0.05) is 12.6 Å². The summed E-state index contributed by atoms with van der Waals surface area (Å²) in [7, 11) is 2.27. The van der Waals surface area contributed by atoms with E-state index >= 15 is 0 Å². The molecule has 4 unspecified atom stereocenters. The zero-order valence-electron chi connectivity index (χ0n) is 9.88. The Morgan fingerprint density at radius 3 is 2.23 bits per heavy atom. The summed E-state index contributed by atoms with van der Waals surface area (Å²) in [5, 5.41) is 0. The summed E-state index contributed by atoms with van der Waals surface area (Å²) in [6.45, 7) is 10.8. The van der Waals surface area contributed by atoms with Crippen molar-refractivity contribution in [3.05, 3.63) is 0 Å². The summed E-state index contributed by atoms with van der Waals surface area (Å²) in [5.41, 5.74) is 0. The monoisotopic (exact) mass is 183 g/mol. The van der Waals surface area contributed by atoms with Crippen LogP contribution < -0.4 is 0 Å². The smallest absolute Gasteiger partial charge is 0.0161 e. The van der Waals surface area contributed by atoms with Crippen molar-refractivity contribution in [2.24, 2.45) is 17.8 Å². The Morgan fingerprint density at radius 1 is 1.31 bits per heavy atom. The number of rotatable bonds is 4. The van der Waals surface area contributed by atoms with Crippen LogP contribution in [-0.2, 0) is 0 Å². The van der Waals surface area contributed by atoms with Gasteiger partial charge in [-0.2, -0.15) is 0 Å². The van der Waals surface area contributed by atoms with Crippen molar-refractivity contribution in [2.45, 2.75) is 46.6 Å². The second-order valence-corrected chi connectivity index (χ2v) is 4.87. The molecule has 1 aliphatic rings. The first kappa shape index (κ1) is 11.0. The molecule has 13 heavy (non-hydrogen) atoms. The summed E-state index contributed by atoms with van der Waals surface area (Å²) >= 11 is 0. The highest BCUT2D eigenvalue weighted by Crippen LogP contribution is 2.35. The van der Waals surface area contributed by atoms with E-state index in [4.69, 9.17) is 0 Å². The lowest BCUT2D eigenvalue weighted by Gasteiger charge is -2.50. The van der Waals surface area contributed by atoms with E-state index in [1.54, 1.807) is 0 Å². The Morgan fingerprint density at radius 2 is 1.92 bits per heavy atom. The lowest BCUT2D eigenvalue weighted by molar-refractivity contribution is -0.0111.